The number of benzene rings is 1. The van der Waals surface area contributed by atoms with Crippen molar-refractivity contribution in [3.63, 3.8) is 0 Å². The molecule has 0 bridgehead atoms. The molecule has 1 fully saturated rings. The van der Waals surface area contributed by atoms with Gasteiger partial charge in [-0.3, -0.25) is 14.8 Å². The van der Waals surface area contributed by atoms with Gasteiger partial charge in [0.05, 0.1) is 5.41 Å². The van der Waals surface area contributed by atoms with Crippen molar-refractivity contribution in [3.8, 4) is 0 Å². The summed E-state index contributed by atoms with van der Waals surface area (Å²) in [5.41, 5.74) is 4.15. The second-order valence-corrected chi connectivity index (χ2v) is 6.02. The Morgan fingerprint density at radius 1 is 1.36 bits per heavy atom. The van der Waals surface area contributed by atoms with Gasteiger partial charge in [-0.25, -0.2) is 5.48 Å². The lowest BCUT2D eigenvalue weighted by molar-refractivity contribution is -0.136. The van der Waals surface area contributed by atoms with Gasteiger partial charge in [-0.2, -0.15) is 13.5 Å². The molecule has 2 amide bonds. The van der Waals surface area contributed by atoms with Crippen molar-refractivity contribution in [1.29, 1.82) is 0 Å². The summed E-state index contributed by atoms with van der Waals surface area (Å²) in [5.74, 6) is -0.208. The number of carbonyl (C=O) groups is 2. The number of aryl methyl sites for hydroxylation is 1. The van der Waals surface area contributed by atoms with Crippen molar-refractivity contribution < 1.29 is 14.8 Å². The first kappa shape index (κ1) is 16.8. The highest BCUT2D eigenvalue weighted by Gasteiger charge is 2.47. The number of fused-ring (bicyclic) bond motifs is 1. The van der Waals surface area contributed by atoms with E-state index in [1.54, 1.807) is 11.5 Å². The van der Waals surface area contributed by atoms with Crippen molar-refractivity contribution in [2.75, 3.05) is 13.1 Å². The number of nitrogens with one attached hydrogen (secondary N) is 1. The highest BCUT2D eigenvalue weighted by atomic mass is 32.1. The largest absolute Gasteiger partial charge is 0.342 e. The van der Waals surface area contributed by atoms with Crippen LogP contribution in [0.2, 0.25) is 0 Å². The molecule has 1 aliphatic heterocycles. The van der Waals surface area contributed by atoms with Gasteiger partial charge in [0.15, 0.2) is 0 Å². The first-order valence-electron chi connectivity index (χ1n) is 7.45. The van der Waals surface area contributed by atoms with E-state index in [0.29, 0.717) is 5.56 Å². The zero-order chi connectivity index (χ0) is 15.0. The maximum absolute atomic E-state index is 12.6. The molecule has 1 saturated heterocycles. The van der Waals surface area contributed by atoms with Gasteiger partial charge in [-0.15, -0.1) is 0 Å². The van der Waals surface area contributed by atoms with E-state index in [1.165, 1.54) is 0 Å². The van der Waals surface area contributed by atoms with E-state index >= 15 is 0 Å². The first-order valence-corrected chi connectivity index (χ1v) is 7.45. The molecule has 120 valence electrons. The van der Waals surface area contributed by atoms with Gasteiger partial charge >= 0.3 is 0 Å². The number of hydrogen-bond donors (Lipinski definition) is 2. The summed E-state index contributed by atoms with van der Waals surface area (Å²) in [6.07, 6.45) is 3.35. The summed E-state index contributed by atoms with van der Waals surface area (Å²) in [4.78, 5) is 26.0. The first-order chi connectivity index (χ1) is 10.1. The number of nitrogens with zero attached hydrogens (tertiary/aromatic N) is 1. The average molecular weight is 322 g/mol. The molecule has 2 N–H and O–H groups in total. The van der Waals surface area contributed by atoms with Crippen LogP contribution >= 0.6 is 13.5 Å². The predicted octanol–water partition coefficient (Wildman–Crippen LogP) is 1.65. The van der Waals surface area contributed by atoms with Crippen molar-refractivity contribution >= 4 is 25.3 Å². The molecule has 0 saturated carbocycles. The third-order valence-corrected chi connectivity index (χ3v) is 4.95. The number of hydroxylamine groups is 1. The lowest BCUT2D eigenvalue weighted by Crippen LogP contribution is -2.38. The molecule has 1 aromatic rings. The third kappa shape index (κ3) is 2.61. The standard InChI is InChI=1S/C16H20N2O3.H2S/c1-2-18-8-7-16(15(18)20)6-5-11-9-12(14(19)17-21)3-4-13(11)10-16;/h3-4,9,21H,2,5-8,10H2,1H3,(H,17,19);1H2/t16-;/m1./s1. The summed E-state index contributed by atoms with van der Waals surface area (Å²) in [7, 11) is 0. The lowest BCUT2D eigenvalue weighted by atomic mass is 9.70. The molecule has 1 atom stereocenters. The van der Waals surface area contributed by atoms with E-state index in [2.05, 4.69) is 0 Å². The fraction of sp³-hybridized carbons (Fsp3) is 0.500. The molecule has 0 radical (unpaired) electrons. The molecular weight excluding hydrogens is 300 g/mol. The van der Waals surface area contributed by atoms with Gasteiger partial charge in [-0.1, -0.05) is 6.07 Å². The van der Waals surface area contributed by atoms with Crippen LogP contribution in [-0.4, -0.2) is 35.0 Å². The van der Waals surface area contributed by atoms with E-state index in [1.807, 2.05) is 24.0 Å². The molecule has 0 aromatic heterocycles. The van der Waals surface area contributed by atoms with Crippen LogP contribution in [0.1, 0.15) is 41.3 Å². The van der Waals surface area contributed by atoms with Gasteiger partial charge < -0.3 is 4.90 Å². The van der Waals surface area contributed by atoms with E-state index < -0.39 is 5.91 Å². The van der Waals surface area contributed by atoms with Crippen LogP contribution in [0, 0.1) is 5.41 Å². The zero-order valence-electron chi connectivity index (χ0n) is 12.7. The molecular formula is C16H22N2O3S. The topological polar surface area (TPSA) is 69.6 Å². The smallest absolute Gasteiger partial charge is 0.274 e. The Hall–Kier alpha value is -1.53. The van der Waals surface area contributed by atoms with E-state index in [4.69, 9.17) is 5.21 Å². The maximum atomic E-state index is 12.6. The quantitative estimate of drug-likeness (QED) is 0.642. The maximum Gasteiger partial charge on any atom is 0.274 e. The SMILES string of the molecule is CCN1CC[C@@]2(CCc3cc(C(=O)NO)ccc3C2)C1=O.S. The minimum Gasteiger partial charge on any atom is -0.342 e. The Morgan fingerprint density at radius 2 is 2.14 bits per heavy atom. The Bertz CT molecular complexity index is 605. The lowest BCUT2D eigenvalue weighted by Gasteiger charge is -2.33. The van der Waals surface area contributed by atoms with Crippen LogP contribution in [0.15, 0.2) is 18.2 Å². The van der Waals surface area contributed by atoms with Crippen LogP contribution in [0.3, 0.4) is 0 Å². The van der Waals surface area contributed by atoms with Gasteiger partial charge in [-0.05, 0) is 55.9 Å². The van der Waals surface area contributed by atoms with Gasteiger partial charge in [0.25, 0.3) is 5.91 Å². The van der Waals surface area contributed by atoms with Crippen molar-refractivity contribution in [2.45, 2.75) is 32.6 Å². The number of likely N-dealkylation sites (tertiary alicyclic amines) is 1. The molecule has 1 aromatic carbocycles. The van der Waals surface area contributed by atoms with E-state index in [0.717, 1.165) is 49.9 Å². The molecule has 6 heteroatoms. The van der Waals surface area contributed by atoms with E-state index in [-0.39, 0.29) is 24.8 Å². The van der Waals surface area contributed by atoms with Gasteiger partial charge in [0.1, 0.15) is 0 Å². The zero-order valence-corrected chi connectivity index (χ0v) is 13.7. The summed E-state index contributed by atoms with van der Waals surface area (Å²) in [5, 5.41) is 8.70. The molecule has 1 spiro atoms. The molecule has 3 rings (SSSR count). The van der Waals surface area contributed by atoms with E-state index in [9.17, 15) is 9.59 Å². The van der Waals surface area contributed by atoms with Crippen LogP contribution in [-0.2, 0) is 17.6 Å². The fourth-order valence-corrected chi connectivity index (χ4v) is 3.65. The highest BCUT2D eigenvalue weighted by Crippen LogP contribution is 2.43. The fourth-order valence-electron chi connectivity index (χ4n) is 3.65. The minimum absolute atomic E-state index is 0. The molecule has 2 aliphatic rings. The molecule has 0 unspecified atom stereocenters. The Labute approximate surface area is 137 Å². The normalized spacial score (nSPS) is 23.2. The van der Waals surface area contributed by atoms with Crippen LogP contribution < -0.4 is 5.48 Å². The summed E-state index contributed by atoms with van der Waals surface area (Å²) < 4.78 is 0. The van der Waals surface area contributed by atoms with Crippen molar-refractivity contribution in [2.24, 2.45) is 5.41 Å². The predicted molar refractivity (Wildman–Crippen MR) is 87.4 cm³/mol. The van der Waals surface area contributed by atoms with Crippen LogP contribution in [0.5, 0.6) is 0 Å². The summed E-state index contributed by atoms with van der Waals surface area (Å²) in [6.45, 7) is 3.66. The Kier molecular flexibility index (Phi) is 4.82. The number of rotatable bonds is 2. The summed E-state index contributed by atoms with van der Waals surface area (Å²) in [6, 6.07) is 5.45. The van der Waals surface area contributed by atoms with Gasteiger partial charge in [0, 0.05) is 18.7 Å². The number of amides is 2. The second kappa shape index (κ2) is 6.30. The number of carbonyl (C=O) groups excluding carboxylic acids is 2. The highest BCUT2D eigenvalue weighted by molar-refractivity contribution is 7.59. The molecule has 1 aliphatic carbocycles. The Balaban J connectivity index is 0.00000176. The van der Waals surface area contributed by atoms with Crippen molar-refractivity contribution in [1.82, 2.24) is 10.4 Å². The second-order valence-electron chi connectivity index (χ2n) is 6.02. The minimum atomic E-state index is -0.493. The van der Waals surface area contributed by atoms with Crippen molar-refractivity contribution in [3.05, 3.63) is 34.9 Å². The average Bonchev–Trinajstić information content (AvgIpc) is 2.82. The van der Waals surface area contributed by atoms with Crippen LogP contribution in [0.25, 0.3) is 0 Å². The molecule has 1 heterocycles. The van der Waals surface area contributed by atoms with Crippen LogP contribution in [0.4, 0.5) is 0 Å². The van der Waals surface area contributed by atoms with Gasteiger partial charge in [0.2, 0.25) is 5.91 Å². The molecule has 22 heavy (non-hydrogen) atoms. The third-order valence-electron chi connectivity index (χ3n) is 4.95. The Morgan fingerprint density at radius 3 is 2.77 bits per heavy atom. The summed E-state index contributed by atoms with van der Waals surface area (Å²) >= 11 is 0. The monoisotopic (exact) mass is 322 g/mol. The molecule has 5 nitrogen and oxygen atoms in total. The number of hydrogen-bond acceptors (Lipinski definition) is 3.